The molecule has 1 aromatic heterocycles. The van der Waals surface area contributed by atoms with Gasteiger partial charge in [-0.25, -0.2) is 0 Å². The van der Waals surface area contributed by atoms with Crippen LogP contribution >= 0.6 is 0 Å². The van der Waals surface area contributed by atoms with Crippen LogP contribution in [0.1, 0.15) is 57.7 Å². The van der Waals surface area contributed by atoms with Crippen LogP contribution in [0.5, 0.6) is 11.5 Å². The number of hydrogen-bond acceptors (Lipinski definition) is 6. The minimum Gasteiger partial charge on any atom is -0.469 e. The maximum atomic E-state index is 13.5. The van der Waals surface area contributed by atoms with Crippen LogP contribution in [0.4, 0.5) is 14.5 Å². The number of nitrogens with one attached hydrogen (secondary N) is 1. The number of rotatable bonds is 8. The third-order valence-corrected chi connectivity index (χ3v) is 7.37. The van der Waals surface area contributed by atoms with Crippen molar-refractivity contribution in [2.75, 3.05) is 12.4 Å². The van der Waals surface area contributed by atoms with Gasteiger partial charge in [0, 0.05) is 40.7 Å². The monoisotopic (exact) mass is 542 g/mol. The molecule has 1 amide bonds. The van der Waals surface area contributed by atoms with E-state index in [0.717, 1.165) is 16.6 Å². The van der Waals surface area contributed by atoms with Gasteiger partial charge in [0.05, 0.1) is 18.6 Å². The van der Waals surface area contributed by atoms with Gasteiger partial charge in [-0.3, -0.25) is 9.59 Å². The Bertz CT molecular complexity index is 1440. The topological polar surface area (TPSA) is 99.0 Å². The van der Waals surface area contributed by atoms with Crippen LogP contribution in [0, 0.1) is 0 Å². The largest absolute Gasteiger partial charge is 0.586 e. The van der Waals surface area contributed by atoms with Gasteiger partial charge in [0.15, 0.2) is 11.5 Å². The van der Waals surface area contributed by atoms with Gasteiger partial charge >= 0.3 is 12.3 Å². The molecule has 8 nitrogen and oxygen atoms in total. The Labute approximate surface area is 224 Å². The predicted octanol–water partition coefficient (Wildman–Crippen LogP) is 5.24. The van der Waals surface area contributed by atoms with Crippen molar-refractivity contribution in [3.05, 3.63) is 53.7 Å². The number of hydrogen-bond donors (Lipinski definition) is 2. The molecule has 2 heterocycles. The molecule has 0 radical (unpaired) electrons. The zero-order valence-electron chi connectivity index (χ0n) is 22.3. The second kappa shape index (κ2) is 9.51. The molecule has 1 saturated carbocycles. The predicted molar refractivity (Wildman–Crippen MR) is 140 cm³/mol. The van der Waals surface area contributed by atoms with Gasteiger partial charge in [0.1, 0.15) is 0 Å². The third-order valence-electron chi connectivity index (χ3n) is 7.37. The molecule has 2 N–H and O–H groups in total. The van der Waals surface area contributed by atoms with Gasteiger partial charge in [-0.15, -0.1) is 8.78 Å². The Morgan fingerprint density at radius 3 is 2.49 bits per heavy atom. The molecular weight excluding hydrogens is 510 g/mol. The fourth-order valence-electron chi connectivity index (χ4n) is 5.12. The molecule has 1 aliphatic heterocycles. The van der Waals surface area contributed by atoms with Crippen molar-refractivity contribution >= 4 is 28.5 Å². The van der Waals surface area contributed by atoms with Crippen LogP contribution in [0.3, 0.4) is 0 Å². The molecule has 208 valence electrons. The Morgan fingerprint density at radius 1 is 1.10 bits per heavy atom. The van der Waals surface area contributed by atoms with Crippen molar-refractivity contribution in [1.82, 2.24) is 4.57 Å². The Kier molecular flexibility index (Phi) is 6.57. The van der Waals surface area contributed by atoms with E-state index in [2.05, 4.69) is 40.3 Å². The fraction of sp³-hybridized carbons (Fsp3) is 0.448. The lowest BCUT2D eigenvalue weighted by Crippen LogP contribution is -2.28. The van der Waals surface area contributed by atoms with E-state index in [1.54, 1.807) is 12.1 Å². The summed E-state index contributed by atoms with van der Waals surface area (Å²) in [5.74, 6) is -0.723. The number of fused-ring (bicyclic) bond motifs is 2. The summed E-state index contributed by atoms with van der Waals surface area (Å²) in [6.07, 6.45) is -2.86. The zero-order chi connectivity index (χ0) is 28.2. The zero-order valence-corrected chi connectivity index (χ0v) is 22.3. The molecule has 10 heteroatoms. The van der Waals surface area contributed by atoms with Crippen LogP contribution in [0.25, 0.3) is 10.9 Å². The van der Waals surface area contributed by atoms with Crippen molar-refractivity contribution in [3.8, 4) is 11.5 Å². The summed E-state index contributed by atoms with van der Waals surface area (Å²) >= 11 is 0. The lowest BCUT2D eigenvalue weighted by atomic mass is 9.92. The summed E-state index contributed by atoms with van der Waals surface area (Å²) in [5.41, 5.74) is 2.07. The number of ether oxygens (including phenoxy) is 3. The van der Waals surface area contributed by atoms with Crippen molar-refractivity contribution < 1.29 is 37.7 Å². The van der Waals surface area contributed by atoms with Crippen molar-refractivity contribution in [1.29, 1.82) is 0 Å². The molecule has 39 heavy (non-hydrogen) atoms. The Morgan fingerprint density at radius 2 is 1.82 bits per heavy atom. The number of amides is 1. The molecule has 0 spiro atoms. The summed E-state index contributed by atoms with van der Waals surface area (Å²) in [5, 5.41) is 14.5. The second-order valence-corrected chi connectivity index (χ2v) is 11.3. The number of aromatic nitrogens is 1. The Hall–Kier alpha value is -3.66. The normalized spacial score (nSPS) is 17.6. The smallest absolute Gasteiger partial charge is 0.469 e. The quantitative estimate of drug-likeness (QED) is 0.378. The summed E-state index contributed by atoms with van der Waals surface area (Å²) in [4.78, 5) is 24.9. The first kappa shape index (κ1) is 26.9. The van der Waals surface area contributed by atoms with Crippen molar-refractivity contribution in [3.63, 3.8) is 0 Å². The van der Waals surface area contributed by atoms with E-state index < -0.39 is 17.8 Å². The van der Waals surface area contributed by atoms with Crippen LogP contribution in [0.2, 0.25) is 0 Å². The number of methoxy groups -OCH3 is 1. The number of anilines is 1. The van der Waals surface area contributed by atoms with E-state index in [4.69, 9.17) is 0 Å². The van der Waals surface area contributed by atoms with E-state index in [0.29, 0.717) is 30.6 Å². The van der Waals surface area contributed by atoms with Crippen LogP contribution in [-0.2, 0) is 31.7 Å². The number of esters is 1. The van der Waals surface area contributed by atoms with Gasteiger partial charge in [0.2, 0.25) is 5.91 Å². The number of benzene rings is 2. The molecule has 0 saturated heterocycles. The van der Waals surface area contributed by atoms with Gasteiger partial charge < -0.3 is 29.2 Å². The fourth-order valence-corrected chi connectivity index (χ4v) is 5.12. The number of carbonyl (C=O) groups is 2. The molecule has 1 atom stereocenters. The minimum absolute atomic E-state index is 0.0556. The van der Waals surface area contributed by atoms with E-state index in [9.17, 15) is 23.5 Å². The first-order chi connectivity index (χ1) is 18.3. The summed E-state index contributed by atoms with van der Waals surface area (Å²) in [6.45, 7) is 6.56. The number of nitrogens with zero attached hydrogens (tertiary/aromatic N) is 1. The van der Waals surface area contributed by atoms with Crippen LogP contribution < -0.4 is 14.8 Å². The van der Waals surface area contributed by atoms with E-state index in [1.807, 2.05) is 22.8 Å². The molecule has 2 aliphatic rings. The van der Waals surface area contributed by atoms with Gasteiger partial charge in [-0.05, 0) is 61.2 Å². The maximum absolute atomic E-state index is 13.5. The number of aliphatic hydroxyl groups excluding tert-OH is 1. The number of alkyl halides is 2. The molecule has 0 bridgehead atoms. The molecule has 5 rings (SSSR count). The summed E-state index contributed by atoms with van der Waals surface area (Å²) in [7, 11) is 1.32. The van der Waals surface area contributed by atoms with Crippen molar-refractivity contribution in [2.24, 2.45) is 0 Å². The lowest BCUT2D eigenvalue weighted by Gasteiger charge is -2.23. The highest BCUT2D eigenvalue weighted by molar-refractivity contribution is 6.02. The molecule has 1 fully saturated rings. The molecule has 1 unspecified atom stereocenters. The summed E-state index contributed by atoms with van der Waals surface area (Å²) < 4.78 is 42.7. The molecule has 3 aromatic rings. The third kappa shape index (κ3) is 5.30. The molecule has 2 aromatic carbocycles. The molecular formula is C29H32F2N2O6. The van der Waals surface area contributed by atoms with Crippen LogP contribution in [0.15, 0.2) is 42.5 Å². The SMILES string of the molecule is COC(=O)CCC(O)Cn1c(C(C)(C)C)cc2cc(NC(=O)C3(c4ccc5c(c4)OC(F)(F)O5)CC3)ccc21. The average Bonchev–Trinajstić information content (AvgIpc) is 3.51. The minimum atomic E-state index is -3.71. The number of aliphatic hydroxyl groups is 1. The number of halogens is 2. The highest BCUT2D eigenvalue weighted by atomic mass is 19.3. The number of carbonyl (C=O) groups excluding carboxylic acids is 2. The lowest BCUT2D eigenvalue weighted by molar-refractivity contribution is -0.286. The average molecular weight is 543 g/mol. The highest BCUT2D eigenvalue weighted by Crippen LogP contribution is 2.52. The van der Waals surface area contributed by atoms with Gasteiger partial charge in [0.25, 0.3) is 0 Å². The standard InChI is InChI=1S/C29H32F2N2O6/c1-27(2,3)24-14-17-13-19(6-8-21(17)33(24)16-20(34)7-10-25(35)37-4)32-26(36)28(11-12-28)18-5-9-22-23(15-18)39-29(30,31)38-22/h5-6,8-9,13-15,20,34H,7,10-12,16H2,1-4H3,(H,32,36). The van der Waals surface area contributed by atoms with Crippen LogP contribution in [-0.4, -0.2) is 41.1 Å². The highest BCUT2D eigenvalue weighted by Gasteiger charge is 2.52. The van der Waals surface area contributed by atoms with E-state index in [1.165, 1.54) is 19.2 Å². The Balaban J connectivity index is 1.37. The van der Waals surface area contributed by atoms with E-state index in [-0.39, 0.29) is 41.6 Å². The molecule has 1 aliphatic carbocycles. The maximum Gasteiger partial charge on any atom is 0.586 e. The van der Waals surface area contributed by atoms with Gasteiger partial charge in [-0.1, -0.05) is 26.8 Å². The van der Waals surface area contributed by atoms with E-state index >= 15 is 0 Å². The second-order valence-electron chi connectivity index (χ2n) is 11.3. The van der Waals surface area contributed by atoms with Crippen molar-refractivity contribution in [2.45, 2.75) is 76.2 Å². The first-order valence-corrected chi connectivity index (χ1v) is 12.9. The first-order valence-electron chi connectivity index (χ1n) is 12.9. The van der Waals surface area contributed by atoms with Gasteiger partial charge in [-0.2, -0.15) is 0 Å². The summed E-state index contributed by atoms with van der Waals surface area (Å²) in [6, 6.07) is 12.1.